The standard InChI is InChI=1S/C28H35F3N4O5S/c1-5-41(38,39)34-12-10-20(11-13-34)18(3)35-19(4)25(21-8-6-7-9-23(21)35)27(37)32-15-22-24(40-16-28(29,30)31)14-17(2)33-26(22)36/h6-9,14,18,20H,5,10-13,15-16H2,1-4H3,(H,32,37)(H,33,36)/t18-/m1/s1. The summed E-state index contributed by atoms with van der Waals surface area (Å²) < 4.78 is 71.5. The zero-order chi connectivity index (χ0) is 30.1. The highest BCUT2D eigenvalue weighted by atomic mass is 32.2. The number of hydrogen-bond donors (Lipinski definition) is 2. The van der Waals surface area contributed by atoms with Gasteiger partial charge in [0.05, 0.1) is 23.4 Å². The number of nitrogens with one attached hydrogen (secondary N) is 2. The molecule has 0 spiro atoms. The number of aryl methyl sites for hydroxylation is 1. The van der Waals surface area contributed by atoms with Gasteiger partial charge in [-0.1, -0.05) is 18.2 Å². The van der Waals surface area contributed by atoms with Crippen molar-refractivity contribution < 1.29 is 31.1 Å². The summed E-state index contributed by atoms with van der Waals surface area (Å²) in [6.45, 7) is 6.05. The number of carbonyl (C=O) groups is 1. The molecule has 1 atom stereocenters. The molecule has 1 aromatic carbocycles. The fourth-order valence-electron chi connectivity index (χ4n) is 5.63. The molecule has 1 aliphatic heterocycles. The Bertz CT molecular complexity index is 1590. The number of nitrogens with zero attached hydrogens (tertiary/aromatic N) is 2. The minimum atomic E-state index is -4.59. The van der Waals surface area contributed by atoms with E-state index in [1.54, 1.807) is 6.92 Å². The minimum Gasteiger partial charge on any atom is -0.483 e. The number of pyridine rings is 1. The molecule has 2 aromatic heterocycles. The largest absolute Gasteiger partial charge is 0.483 e. The number of hydrogen-bond acceptors (Lipinski definition) is 5. The van der Waals surface area contributed by atoms with Gasteiger partial charge in [-0.05, 0) is 58.6 Å². The van der Waals surface area contributed by atoms with E-state index >= 15 is 0 Å². The van der Waals surface area contributed by atoms with Crippen molar-refractivity contribution in [1.29, 1.82) is 0 Å². The van der Waals surface area contributed by atoms with Crippen LogP contribution in [-0.4, -0.2) is 59.8 Å². The summed E-state index contributed by atoms with van der Waals surface area (Å²) in [5.74, 6) is -0.469. The number of amides is 1. The predicted octanol–water partition coefficient (Wildman–Crippen LogP) is 4.44. The van der Waals surface area contributed by atoms with Crippen LogP contribution in [0.15, 0.2) is 35.1 Å². The van der Waals surface area contributed by atoms with Gasteiger partial charge in [0.15, 0.2) is 6.61 Å². The van der Waals surface area contributed by atoms with Crippen LogP contribution in [0.1, 0.15) is 60.0 Å². The fourth-order valence-corrected chi connectivity index (χ4v) is 6.76. The van der Waals surface area contributed by atoms with Gasteiger partial charge in [-0.25, -0.2) is 12.7 Å². The van der Waals surface area contributed by atoms with Crippen molar-refractivity contribution in [2.45, 2.75) is 59.3 Å². The fraction of sp³-hybridized carbons (Fsp3) is 0.500. The number of sulfonamides is 1. The predicted molar refractivity (Wildman–Crippen MR) is 150 cm³/mol. The lowest BCUT2D eigenvalue weighted by atomic mass is 9.91. The van der Waals surface area contributed by atoms with Gasteiger partial charge in [0.1, 0.15) is 5.75 Å². The van der Waals surface area contributed by atoms with Crippen molar-refractivity contribution in [3.8, 4) is 5.75 Å². The van der Waals surface area contributed by atoms with Crippen LogP contribution in [0, 0.1) is 19.8 Å². The quantitative estimate of drug-likeness (QED) is 0.379. The highest BCUT2D eigenvalue weighted by molar-refractivity contribution is 7.89. The Morgan fingerprint density at radius 2 is 1.85 bits per heavy atom. The lowest BCUT2D eigenvalue weighted by molar-refractivity contribution is -0.153. The molecule has 3 aromatic rings. The maximum absolute atomic E-state index is 13.5. The molecule has 0 aliphatic carbocycles. The van der Waals surface area contributed by atoms with Crippen molar-refractivity contribution in [3.63, 3.8) is 0 Å². The molecule has 1 amide bonds. The molecule has 2 N–H and O–H groups in total. The number of H-pyrrole nitrogens is 1. The van der Waals surface area contributed by atoms with Crippen LogP contribution in [0.3, 0.4) is 0 Å². The zero-order valence-electron chi connectivity index (χ0n) is 23.5. The molecule has 224 valence electrons. The number of alkyl halides is 3. The van der Waals surface area contributed by atoms with E-state index in [9.17, 15) is 31.2 Å². The molecule has 0 bridgehead atoms. The molecular weight excluding hydrogens is 561 g/mol. The maximum atomic E-state index is 13.5. The van der Waals surface area contributed by atoms with E-state index in [2.05, 4.69) is 21.8 Å². The Hall–Kier alpha value is -3.32. The molecule has 1 saturated heterocycles. The van der Waals surface area contributed by atoms with Crippen molar-refractivity contribution >= 4 is 26.8 Å². The summed E-state index contributed by atoms with van der Waals surface area (Å²) in [6, 6.07) is 8.70. The summed E-state index contributed by atoms with van der Waals surface area (Å²) in [5.41, 5.74) is 1.51. The summed E-state index contributed by atoms with van der Waals surface area (Å²) in [6.07, 6.45) is -3.22. The Balaban J connectivity index is 1.59. The smallest absolute Gasteiger partial charge is 0.422 e. The molecule has 41 heavy (non-hydrogen) atoms. The van der Waals surface area contributed by atoms with Crippen molar-refractivity contribution in [3.05, 3.63) is 63.2 Å². The van der Waals surface area contributed by atoms with E-state index in [0.29, 0.717) is 48.3 Å². The van der Waals surface area contributed by atoms with Crippen LogP contribution in [0.2, 0.25) is 0 Å². The SMILES string of the molecule is CCS(=O)(=O)N1CCC([C@@H](C)n2c(C)c(C(=O)NCc3c(OCC(F)(F)F)cc(C)[nH]c3=O)c3ccccc32)CC1. The highest BCUT2D eigenvalue weighted by Gasteiger charge is 2.32. The molecule has 0 radical (unpaired) electrons. The van der Waals surface area contributed by atoms with Crippen molar-refractivity contribution in [2.24, 2.45) is 5.92 Å². The van der Waals surface area contributed by atoms with Crippen molar-refractivity contribution in [1.82, 2.24) is 19.2 Å². The molecular formula is C28H35F3N4O5S. The van der Waals surface area contributed by atoms with E-state index in [4.69, 9.17) is 4.74 Å². The maximum Gasteiger partial charge on any atom is 0.422 e. The van der Waals surface area contributed by atoms with Gasteiger partial charge in [-0.2, -0.15) is 13.2 Å². The van der Waals surface area contributed by atoms with Crippen LogP contribution in [0.5, 0.6) is 5.75 Å². The van der Waals surface area contributed by atoms with E-state index < -0.39 is 34.3 Å². The van der Waals surface area contributed by atoms with Crippen LogP contribution in [0.4, 0.5) is 13.2 Å². The summed E-state index contributed by atoms with van der Waals surface area (Å²) in [7, 11) is -3.25. The van der Waals surface area contributed by atoms with E-state index in [-0.39, 0.29) is 35.6 Å². The number of rotatable bonds is 9. The molecule has 1 fully saturated rings. The topological polar surface area (TPSA) is 114 Å². The van der Waals surface area contributed by atoms with Gasteiger partial charge < -0.3 is 19.6 Å². The number of piperidine rings is 1. The lowest BCUT2D eigenvalue weighted by Crippen LogP contribution is -2.40. The van der Waals surface area contributed by atoms with Gasteiger partial charge >= 0.3 is 6.18 Å². The van der Waals surface area contributed by atoms with Gasteiger partial charge in [0.25, 0.3) is 11.5 Å². The third-order valence-corrected chi connectivity index (χ3v) is 9.66. The third kappa shape index (κ3) is 6.61. The minimum absolute atomic E-state index is 0.0322. The normalized spacial score (nSPS) is 16.2. The van der Waals surface area contributed by atoms with Crippen LogP contribution in [0.25, 0.3) is 10.9 Å². The summed E-state index contributed by atoms with van der Waals surface area (Å²) >= 11 is 0. The monoisotopic (exact) mass is 596 g/mol. The first-order chi connectivity index (χ1) is 19.2. The van der Waals surface area contributed by atoms with Gasteiger partial charge in [0, 0.05) is 41.4 Å². The van der Waals surface area contributed by atoms with Gasteiger partial charge in [-0.15, -0.1) is 0 Å². The number of halogens is 3. The van der Waals surface area contributed by atoms with E-state index in [0.717, 1.165) is 5.52 Å². The van der Waals surface area contributed by atoms with Gasteiger partial charge in [0.2, 0.25) is 10.0 Å². The number of para-hydroxylation sites is 1. The highest BCUT2D eigenvalue weighted by Crippen LogP contribution is 2.36. The average molecular weight is 597 g/mol. The second-order valence-corrected chi connectivity index (χ2v) is 12.7. The van der Waals surface area contributed by atoms with E-state index in [1.165, 1.54) is 17.3 Å². The molecule has 0 unspecified atom stereocenters. The second-order valence-electron chi connectivity index (χ2n) is 10.4. The number of carbonyl (C=O) groups excluding carboxylic acids is 1. The third-order valence-electron chi connectivity index (χ3n) is 7.78. The second kappa shape index (κ2) is 11.9. The van der Waals surface area contributed by atoms with Crippen LogP contribution >= 0.6 is 0 Å². The molecule has 3 heterocycles. The summed E-state index contributed by atoms with van der Waals surface area (Å²) in [5, 5.41) is 3.40. The molecule has 1 aliphatic rings. The zero-order valence-corrected chi connectivity index (χ0v) is 24.3. The number of benzene rings is 1. The van der Waals surface area contributed by atoms with E-state index in [1.807, 2.05) is 31.2 Å². The number of fused-ring (bicyclic) bond motifs is 1. The van der Waals surface area contributed by atoms with Crippen LogP contribution in [-0.2, 0) is 16.6 Å². The molecule has 4 rings (SSSR count). The number of aromatic amines is 1. The first-order valence-electron chi connectivity index (χ1n) is 13.5. The Labute approximate surface area is 236 Å². The Kier molecular flexibility index (Phi) is 8.88. The summed E-state index contributed by atoms with van der Waals surface area (Å²) in [4.78, 5) is 28.6. The molecule has 13 heteroatoms. The average Bonchev–Trinajstić information content (AvgIpc) is 3.22. The lowest BCUT2D eigenvalue weighted by Gasteiger charge is -2.35. The molecule has 0 saturated carbocycles. The molecule has 9 nitrogen and oxygen atoms in total. The Morgan fingerprint density at radius 3 is 2.49 bits per heavy atom. The Morgan fingerprint density at radius 1 is 1.20 bits per heavy atom. The first-order valence-corrected chi connectivity index (χ1v) is 15.1. The number of ether oxygens (including phenoxy) is 1. The first kappa shape index (κ1) is 30.6. The van der Waals surface area contributed by atoms with Crippen molar-refractivity contribution in [2.75, 3.05) is 25.4 Å². The number of aromatic nitrogens is 2. The van der Waals surface area contributed by atoms with Gasteiger partial charge in [-0.3, -0.25) is 9.59 Å². The van der Waals surface area contributed by atoms with Crippen LogP contribution < -0.4 is 15.6 Å².